The maximum absolute atomic E-state index is 10.7. The van der Waals surface area contributed by atoms with Crippen molar-refractivity contribution < 1.29 is 14.6 Å². The first-order valence-electron chi connectivity index (χ1n) is 5.10. The number of carboxylic acid groups (broad SMARTS) is 1. The third-order valence-electron chi connectivity index (χ3n) is 2.30. The van der Waals surface area contributed by atoms with Crippen LogP contribution in [-0.4, -0.2) is 22.2 Å². The molecule has 80 valence electrons. The number of carbonyl (C=O) groups is 1. The van der Waals surface area contributed by atoms with E-state index in [2.05, 4.69) is 4.98 Å². The Kier molecular flexibility index (Phi) is 2.58. The molecule has 0 amide bonds. The Hall–Kier alpha value is -1.58. The molecule has 1 aliphatic rings. The molecule has 4 nitrogen and oxygen atoms in total. The molecule has 0 spiro atoms. The molecule has 0 aromatic carbocycles. The zero-order valence-corrected chi connectivity index (χ0v) is 8.56. The van der Waals surface area contributed by atoms with Gasteiger partial charge >= 0.3 is 5.97 Å². The molecule has 1 aromatic rings. The van der Waals surface area contributed by atoms with Crippen LogP contribution in [-0.2, 0) is 6.42 Å². The summed E-state index contributed by atoms with van der Waals surface area (Å²) >= 11 is 0. The first kappa shape index (κ1) is 9.96. The number of hydrogen-bond donors (Lipinski definition) is 1. The van der Waals surface area contributed by atoms with Gasteiger partial charge in [0.15, 0.2) is 0 Å². The third kappa shape index (κ3) is 2.26. The summed E-state index contributed by atoms with van der Waals surface area (Å²) in [5, 5.41) is 8.79. The SMILES string of the molecule is CCc1nc(C(=O)O)ccc1OC1CC1. The molecule has 2 rings (SSSR count). The molecule has 1 heterocycles. The van der Waals surface area contributed by atoms with Crippen molar-refractivity contribution in [1.82, 2.24) is 4.98 Å². The van der Waals surface area contributed by atoms with Crippen molar-refractivity contribution in [3.8, 4) is 5.75 Å². The van der Waals surface area contributed by atoms with Gasteiger partial charge in [-0.05, 0) is 31.4 Å². The number of hydrogen-bond acceptors (Lipinski definition) is 3. The summed E-state index contributed by atoms with van der Waals surface area (Å²) in [5.41, 5.74) is 0.803. The highest BCUT2D eigenvalue weighted by Crippen LogP contribution is 2.28. The van der Waals surface area contributed by atoms with Crippen LogP contribution in [0.1, 0.15) is 35.9 Å². The second kappa shape index (κ2) is 3.88. The zero-order valence-electron chi connectivity index (χ0n) is 8.56. The minimum Gasteiger partial charge on any atom is -0.489 e. The van der Waals surface area contributed by atoms with Gasteiger partial charge < -0.3 is 9.84 Å². The maximum Gasteiger partial charge on any atom is 0.354 e. The van der Waals surface area contributed by atoms with Crippen molar-refractivity contribution in [2.24, 2.45) is 0 Å². The van der Waals surface area contributed by atoms with Crippen molar-refractivity contribution in [2.45, 2.75) is 32.3 Å². The Morgan fingerprint density at radius 3 is 2.87 bits per heavy atom. The Balaban J connectivity index is 2.25. The van der Waals surface area contributed by atoms with Crippen LogP contribution in [0.25, 0.3) is 0 Å². The van der Waals surface area contributed by atoms with E-state index in [1.54, 1.807) is 6.07 Å². The van der Waals surface area contributed by atoms with Crippen molar-refractivity contribution in [3.05, 3.63) is 23.5 Å². The fraction of sp³-hybridized carbons (Fsp3) is 0.455. The van der Waals surface area contributed by atoms with Crippen LogP contribution in [0.3, 0.4) is 0 Å². The molecule has 1 fully saturated rings. The van der Waals surface area contributed by atoms with Crippen LogP contribution in [0.2, 0.25) is 0 Å². The van der Waals surface area contributed by atoms with E-state index >= 15 is 0 Å². The zero-order chi connectivity index (χ0) is 10.8. The predicted molar refractivity (Wildman–Crippen MR) is 54.2 cm³/mol. The minimum atomic E-state index is -0.998. The number of pyridine rings is 1. The molecule has 0 unspecified atom stereocenters. The standard InChI is InChI=1S/C11H13NO3/c1-2-8-10(15-7-3-4-7)6-5-9(12-8)11(13)14/h5-7H,2-4H2,1H3,(H,13,14). The first-order valence-corrected chi connectivity index (χ1v) is 5.10. The third-order valence-corrected chi connectivity index (χ3v) is 2.30. The fourth-order valence-electron chi connectivity index (χ4n) is 1.33. The van der Waals surface area contributed by atoms with E-state index in [-0.39, 0.29) is 5.69 Å². The molecule has 0 saturated heterocycles. The summed E-state index contributed by atoms with van der Waals surface area (Å²) in [6.07, 6.45) is 3.17. The van der Waals surface area contributed by atoms with Crippen molar-refractivity contribution in [1.29, 1.82) is 0 Å². The smallest absolute Gasteiger partial charge is 0.354 e. The highest BCUT2D eigenvalue weighted by atomic mass is 16.5. The minimum absolute atomic E-state index is 0.0787. The first-order chi connectivity index (χ1) is 7.20. The Morgan fingerprint density at radius 1 is 1.60 bits per heavy atom. The van der Waals surface area contributed by atoms with Gasteiger partial charge in [0, 0.05) is 0 Å². The van der Waals surface area contributed by atoms with Crippen molar-refractivity contribution in [3.63, 3.8) is 0 Å². The average Bonchev–Trinajstić information content (AvgIpc) is 3.02. The quantitative estimate of drug-likeness (QED) is 0.818. The van der Waals surface area contributed by atoms with Gasteiger partial charge in [-0.2, -0.15) is 0 Å². The van der Waals surface area contributed by atoms with Gasteiger partial charge in [-0.1, -0.05) is 6.92 Å². The highest BCUT2D eigenvalue weighted by molar-refractivity contribution is 5.85. The van der Waals surface area contributed by atoms with Gasteiger partial charge in [-0.25, -0.2) is 9.78 Å². The van der Waals surface area contributed by atoms with E-state index in [0.717, 1.165) is 24.3 Å². The Morgan fingerprint density at radius 2 is 2.33 bits per heavy atom. The van der Waals surface area contributed by atoms with Crippen LogP contribution in [0.5, 0.6) is 5.75 Å². The van der Waals surface area contributed by atoms with Gasteiger partial charge in [-0.3, -0.25) is 0 Å². The summed E-state index contributed by atoms with van der Waals surface area (Å²) in [7, 11) is 0. The number of carboxylic acids is 1. The van der Waals surface area contributed by atoms with Crippen LogP contribution >= 0.6 is 0 Å². The molecule has 0 bridgehead atoms. The van der Waals surface area contributed by atoms with Crippen LogP contribution in [0.4, 0.5) is 0 Å². The normalized spacial score (nSPS) is 15.0. The number of aromatic carboxylic acids is 1. The van der Waals surface area contributed by atoms with E-state index in [4.69, 9.17) is 9.84 Å². The lowest BCUT2D eigenvalue weighted by Gasteiger charge is -2.08. The molecule has 1 aliphatic carbocycles. The van der Waals surface area contributed by atoms with Gasteiger partial charge in [0.05, 0.1) is 11.8 Å². The molecule has 0 atom stereocenters. The number of ether oxygens (including phenoxy) is 1. The molecular formula is C11H13NO3. The number of rotatable bonds is 4. The fourth-order valence-corrected chi connectivity index (χ4v) is 1.33. The van der Waals surface area contributed by atoms with Crippen molar-refractivity contribution >= 4 is 5.97 Å². The highest BCUT2D eigenvalue weighted by Gasteiger charge is 2.24. The number of aromatic nitrogens is 1. The van der Waals surface area contributed by atoms with E-state index in [9.17, 15) is 4.79 Å². The van der Waals surface area contributed by atoms with E-state index in [1.165, 1.54) is 6.07 Å². The largest absolute Gasteiger partial charge is 0.489 e. The Bertz CT molecular complexity index is 385. The van der Waals surface area contributed by atoms with Gasteiger partial charge in [0.1, 0.15) is 11.4 Å². The monoisotopic (exact) mass is 207 g/mol. The van der Waals surface area contributed by atoms with Gasteiger partial charge in [0.25, 0.3) is 0 Å². The number of nitrogens with zero attached hydrogens (tertiary/aromatic N) is 1. The summed E-state index contributed by atoms with van der Waals surface area (Å²) < 4.78 is 5.63. The summed E-state index contributed by atoms with van der Waals surface area (Å²) in [6.45, 7) is 1.94. The van der Waals surface area contributed by atoms with Crippen molar-refractivity contribution in [2.75, 3.05) is 0 Å². The summed E-state index contributed by atoms with van der Waals surface area (Å²) in [4.78, 5) is 14.8. The summed E-state index contributed by atoms with van der Waals surface area (Å²) in [6, 6.07) is 3.19. The van der Waals surface area contributed by atoms with Gasteiger partial charge in [0.2, 0.25) is 0 Å². The number of aryl methyl sites for hydroxylation is 1. The predicted octanol–water partition coefficient (Wildman–Crippen LogP) is 1.88. The average molecular weight is 207 g/mol. The molecule has 15 heavy (non-hydrogen) atoms. The molecule has 1 aromatic heterocycles. The second-order valence-electron chi connectivity index (χ2n) is 3.62. The molecule has 0 aliphatic heterocycles. The second-order valence-corrected chi connectivity index (χ2v) is 3.62. The topological polar surface area (TPSA) is 59.4 Å². The lowest BCUT2D eigenvalue weighted by molar-refractivity contribution is 0.0690. The molecule has 1 N–H and O–H groups in total. The van der Waals surface area contributed by atoms with Gasteiger partial charge in [-0.15, -0.1) is 0 Å². The van der Waals surface area contributed by atoms with Crippen LogP contribution < -0.4 is 4.74 Å². The molecular weight excluding hydrogens is 194 g/mol. The Labute approximate surface area is 87.9 Å². The lowest BCUT2D eigenvalue weighted by Crippen LogP contribution is -2.06. The molecule has 0 radical (unpaired) electrons. The van der Waals surface area contributed by atoms with Crippen LogP contribution in [0.15, 0.2) is 12.1 Å². The summed E-state index contributed by atoms with van der Waals surface area (Å²) in [5.74, 6) is -0.271. The maximum atomic E-state index is 10.7. The van der Waals surface area contributed by atoms with Crippen LogP contribution in [0, 0.1) is 0 Å². The molecule has 1 saturated carbocycles. The van der Waals surface area contributed by atoms with E-state index in [1.807, 2.05) is 6.92 Å². The lowest BCUT2D eigenvalue weighted by atomic mass is 10.2. The van der Waals surface area contributed by atoms with E-state index < -0.39 is 5.97 Å². The molecule has 4 heteroatoms. The van der Waals surface area contributed by atoms with E-state index in [0.29, 0.717) is 12.5 Å².